The van der Waals surface area contributed by atoms with E-state index in [4.69, 9.17) is 25.4 Å². The van der Waals surface area contributed by atoms with Crippen molar-refractivity contribution < 1.29 is 28.6 Å². The van der Waals surface area contributed by atoms with Gasteiger partial charge in [-0.1, -0.05) is 26.3 Å². The summed E-state index contributed by atoms with van der Waals surface area (Å²) in [4.78, 5) is 39.0. The quantitative estimate of drug-likeness (QED) is 0.160. The summed E-state index contributed by atoms with van der Waals surface area (Å²) in [7, 11) is 0. The Morgan fingerprint density at radius 2 is 1.36 bits per heavy atom. The van der Waals surface area contributed by atoms with E-state index in [0.29, 0.717) is 11.1 Å². The Kier molecular flexibility index (Phi) is 9.58. The first-order valence-corrected chi connectivity index (χ1v) is 10.2. The third-order valence-electron chi connectivity index (χ3n) is 4.28. The van der Waals surface area contributed by atoms with Crippen molar-refractivity contribution >= 4 is 41.2 Å². The van der Waals surface area contributed by atoms with Crippen molar-refractivity contribution in [3.8, 4) is 17.2 Å². The van der Waals surface area contributed by atoms with E-state index in [1.165, 1.54) is 54.6 Å². The number of benzene rings is 2. The summed E-state index contributed by atoms with van der Waals surface area (Å²) in [5, 5.41) is 8.53. The van der Waals surface area contributed by atoms with Gasteiger partial charge in [0.25, 0.3) is 0 Å². The molecule has 0 aliphatic rings. The summed E-state index contributed by atoms with van der Waals surface area (Å²) >= 11 is 0. The fourth-order valence-corrected chi connectivity index (χ4v) is 2.61. The van der Waals surface area contributed by atoms with Gasteiger partial charge < -0.3 is 25.4 Å². The Balaban J connectivity index is 2.45. The molecule has 0 atom stereocenters. The Bertz CT molecular complexity index is 1320. The minimum absolute atomic E-state index is 0.00960. The molecule has 0 aliphatic carbocycles. The van der Waals surface area contributed by atoms with Gasteiger partial charge in [0.15, 0.2) is 0 Å². The number of hydrogen-bond donors (Lipinski definition) is 2. The van der Waals surface area contributed by atoms with Crippen LogP contribution in [0.4, 0.5) is 5.69 Å². The van der Waals surface area contributed by atoms with Crippen molar-refractivity contribution in [1.29, 1.82) is 5.41 Å². The zero-order valence-corrected chi connectivity index (χ0v) is 19.2. The molecule has 9 heteroatoms. The predicted molar refractivity (Wildman–Crippen MR) is 138 cm³/mol. The lowest BCUT2D eigenvalue weighted by molar-refractivity contribution is -0.130. The average molecular weight is 485 g/mol. The predicted octanol–water partition coefficient (Wildman–Crippen LogP) is 4.22. The lowest BCUT2D eigenvalue weighted by Gasteiger charge is -2.10. The summed E-state index contributed by atoms with van der Waals surface area (Å²) in [6.07, 6.45) is 7.26. The summed E-state index contributed by atoms with van der Waals surface area (Å²) < 4.78 is 15.4. The van der Waals surface area contributed by atoms with Gasteiger partial charge in [-0.25, -0.2) is 19.4 Å². The number of carbonyl (C=O) groups is 3. The van der Waals surface area contributed by atoms with Gasteiger partial charge in [0.05, 0.1) is 11.4 Å². The van der Waals surface area contributed by atoms with Gasteiger partial charge in [0.1, 0.15) is 23.1 Å². The molecule has 3 N–H and O–H groups in total. The van der Waals surface area contributed by atoms with Gasteiger partial charge in [0.2, 0.25) is 0 Å². The fourth-order valence-electron chi connectivity index (χ4n) is 2.61. The van der Waals surface area contributed by atoms with Gasteiger partial charge >= 0.3 is 17.9 Å². The van der Waals surface area contributed by atoms with E-state index >= 15 is 0 Å². The molecule has 0 heterocycles. The highest BCUT2D eigenvalue weighted by atomic mass is 16.5. The van der Waals surface area contributed by atoms with Crippen molar-refractivity contribution in [1.82, 2.24) is 0 Å². The second kappa shape index (κ2) is 12.8. The first-order valence-electron chi connectivity index (χ1n) is 10.2. The summed E-state index contributed by atoms with van der Waals surface area (Å²) in [6, 6.07) is 8.82. The first kappa shape index (κ1) is 26.9. The maximum atomic E-state index is 11.8. The van der Waals surface area contributed by atoms with Crippen LogP contribution in [0.5, 0.6) is 17.2 Å². The standard InChI is InChI=1S/C27H23N3O6/c1-5-24(29)30-22-15-18(34-25(31)6-2)12-13-20(22)21(28)14-10-17-9-11-19(35-26(32)7-3)16-23(17)36-27(33)8-4/h5-16,28H,1-4H2,(H2,29,30)/b14-10+,28-21?. The average Bonchev–Trinajstić information content (AvgIpc) is 2.87. The number of rotatable bonds is 11. The van der Waals surface area contributed by atoms with Crippen LogP contribution in [-0.2, 0) is 14.4 Å². The molecule has 0 saturated heterocycles. The third kappa shape index (κ3) is 7.63. The van der Waals surface area contributed by atoms with Crippen LogP contribution in [0.2, 0.25) is 0 Å². The normalized spacial score (nSPS) is 10.7. The minimum atomic E-state index is -0.729. The van der Waals surface area contributed by atoms with Gasteiger partial charge in [-0.2, -0.15) is 0 Å². The van der Waals surface area contributed by atoms with Crippen molar-refractivity contribution in [3.63, 3.8) is 0 Å². The van der Waals surface area contributed by atoms with Crippen molar-refractivity contribution in [2.75, 3.05) is 0 Å². The highest BCUT2D eigenvalue weighted by Crippen LogP contribution is 2.29. The van der Waals surface area contributed by atoms with E-state index in [1.54, 1.807) is 0 Å². The number of hydrogen-bond acceptors (Lipinski definition) is 8. The van der Waals surface area contributed by atoms with Crippen LogP contribution in [0, 0.1) is 5.41 Å². The monoisotopic (exact) mass is 485 g/mol. The molecule has 0 saturated carbocycles. The summed E-state index contributed by atoms with van der Waals surface area (Å²) in [5.41, 5.74) is 6.80. The number of esters is 3. The summed E-state index contributed by atoms with van der Waals surface area (Å²) in [5.74, 6) is -1.61. The molecule has 0 spiro atoms. The van der Waals surface area contributed by atoms with Crippen LogP contribution < -0.4 is 19.9 Å². The fraction of sp³-hybridized carbons (Fsp3) is 0. The van der Waals surface area contributed by atoms with Gasteiger partial charge in [-0.3, -0.25) is 0 Å². The van der Waals surface area contributed by atoms with Gasteiger partial charge in [-0.15, -0.1) is 0 Å². The molecule has 36 heavy (non-hydrogen) atoms. The molecular formula is C27H23N3O6. The second-order valence-electron chi connectivity index (χ2n) is 6.74. The molecule has 0 bridgehead atoms. The third-order valence-corrected chi connectivity index (χ3v) is 4.28. The minimum Gasteiger partial charge on any atom is -0.423 e. The Morgan fingerprint density at radius 3 is 1.94 bits per heavy atom. The topological polar surface area (TPSA) is 141 Å². The van der Waals surface area contributed by atoms with Crippen LogP contribution >= 0.6 is 0 Å². The number of allylic oxidation sites excluding steroid dienone is 1. The van der Waals surface area contributed by atoms with Crippen LogP contribution in [0.25, 0.3) is 6.08 Å². The summed E-state index contributed by atoms with van der Waals surface area (Å²) in [6.45, 7) is 13.6. The van der Waals surface area contributed by atoms with Gasteiger partial charge in [-0.05, 0) is 42.5 Å². The van der Waals surface area contributed by atoms with E-state index in [-0.39, 0.29) is 34.5 Å². The molecular weight excluding hydrogens is 462 g/mol. The number of carbonyl (C=O) groups excluding carboxylic acids is 3. The number of aliphatic imine (C=N–C) groups is 1. The first-order chi connectivity index (χ1) is 17.2. The Hall–Kier alpha value is -5.31. The highest BCUT2D eigenvalue weighted by molar-refractivity contribution is 6.12. The van der Waals surface area contributed by atoms with Crippen LogP contribution in [0.15, 0.2) is 98.1 Å². The largest absolute Gasteiger partial charge is 0.423 e. The van der Waals surface area contributed by atoms with E-state index in [9.17, 15) is 14.4 Å². The second-order valence-corrected chi connectivity index (χ2v) is 6.74. The zero-order valence-electron chi connectivity index (χ0n) is 19.2. The molecule has 0 aromatic heterocycles. The lowest BCUT2D eigenvalue weighted by Crippen LogP contribution is -2.08. The molecule has 0 unspecified atom stereocenters. The highest BCUT2D eigenvalue weighted by Gasteiger charge is 2.12. The molecule has 0 fully saturated rings. The Morgan fingerprint density at radius 1 is 0.806 bits per heavy atom. The van der Waals surface area contributed by atoms with Crippen molar-refractivity contribution in [2.24, 2.45) is 10.7 Å². The van der Waals surface area contributed by atoms with Crippen molar-refractivity contribution in [3.05, 3.63) is 104 Å². The van der Waals surface area contributed by atoms with E-state index < -0.39 is 17.9 Å². The molecule has 182 valence electrons. The maximum absolute atomic E-state index is 11.8. The number of amidine groups is 1. The number of nitrogens with one attached hydrogen (secondary N) is 1. The Labute approximate surface area is 207 Å². The van der Waals surface area contributed by atoms with Crippen LogP contribution in [-0.4, -0.2) is 29.5 Å². The number of nitrogens with two attached hydrogens (primary N) is 1. The van der Waals surface area contributed by atoms with Crippen LogP contribution in [0.3, 0.4) is 0 Å². The van der Waals surface area contributed by atoms with E-state index in [0.717, 1.165) is 18.2 Å². The smallest absolute Gasteiger partial charge is 0.335 e. The van der Waals surface area contributed by atoms with E-state index in [1.807, 2.05) is 0 Å². The molecule has 2 aromatic carbocycles. The molecule has 9 nitrogen and oxygen atoms in total. The van der Waals surface area contributed by atoms with E-state index in [2.05, 4.69) is 31.3 Å². The van der Waals surface area contributed by atoms with Gasteiger partial charge in [0, 0.05) is 41.5 Å². The SMILES string of the molecule is C=CC(=O)Oc1ccc(C(=N)/C=C/c2ccc(OC(=O)C=C)cc2OC(=O)C=C)c(N=C(N)C=C)c1. The number of nitrogens with zero attached hydrogens (tertiary/aromatic N) is 1. The molecule has 0 amide bonds. The maximum Gasteiger partial charge on any atom is 0.335 e. The number of ether oxygens (including phenoxy) is 3. The molecule has 0 radical (unpaired) electrons. The lowest BCUT2D eigenvalue weighted by atomic mass is 10.1. The zero-order chi connectivity index (χ0) is 26.7. The van der Waals surface area contributed by atoms with Crippen molar-refractivity contribution in [2.45, 2.75) is 0 Å². The molecule has 2 rings (SSSR count). The molecule has 2 aromatic rings. The molecule has 0 aliphatic heterocycles. The van der Waals surface area contributed by atoms with Crippen LogP contribution in [0.1, 0.15) is 11.1 Å².